The third-order valence-electron chi connectivity index (χ3n) is 0.894. The van der Waals surface area contributed by atoms with Gasteiger partial charge in [-0.1, -0.05) is 0 Å². The predicted molar refractivity (Wildman–Crippen MR) is 26.1 cm³/mol. The Hall–Kier alpha value is -0.830. The smallest absolute Gasteiger partial charge is 0.184 e. The first-order valence-electron chi connectivity index (χ1n) is 2.31. The summed E-state index contributed by atoms with van der Waals surface area (Å²) in [5.41, 5.74) is 0. The summed E-state index contributed by atoms with van der Waals surface area (Å²) in [6.45, 7) is 0.216. The van der Waals surface area contributed by atoms with E-state index in [9.17, 15) is 4.79 Å². The van der Waals surface area contributed by atoms with E-state index < -0.39 is 6.10 Å². The fraction of sp³-hybridized carbons (Fsp3) is 0.400. The summed E-state index contributed by atoms with van der Waals surface area (Å²) in [5.74, 6) is 0.234. The van der Waals surface area contributed by atoms with Crippen LogP contribution in [0.1, 0.15) is 0 Å². The van der Waals surface area contributed by atoms with Crippen LogP contribution < -0.4 is 0 Å². The number of aldehydes is 1. The Labute approximate surface area is 46.6 Å². The number of carbonyl (C=O) groups excluding carboxylic acids is 1. The monoisotopic (exact) mass is 114 g/mol. The molecule has 8 heavy (non-hydrogen) atoms. The fourth-order valence-corrected chi connectivity index (χ4v) is 0.541. The van der Waals surface area contributed by atoms with Gasteiger partial charge in [0.25, 0.3) is 0 Å². The van der Waals surface area contributed by atoms with Crippen molar-refractivity contribution in [1.29, 1.82) is 0 Å². The lowest BCUT2D eigenvalue weighted by atomic mass is 10.4. The van der Waals surface area contributed by atoms with Crippen LogP contribution in [0.5, 0.6) is 0 Å². The molecule has 1 aliphatic rings. The quantitative estimate of drug-likeness (QED) is 0.466. The van der Waals surface area contributed by atoms with Gasteiger partial charge >= 0.3 is 0 Å². The van der Waals surface area contributed by atoms with Gasteiger partial charge in [-0.15, -0.1) is 0 Å². The molecule has 1 rings (SSSR count). The molecule has 0 bridgehead atoms. The molecule has 0 fully saturated rings. The van der Waals surface area contributed by atoms with E-state index in [1.54, 1.807) is 0 Å². The van der Waals surface area contributed by atoms with Crippen LogP contribution in [0.3, 0.4) is 0 Å². The molecule has 0 spiro atoms. The van der Waals surface area contributed by atoms with Gasteiger partial charge in [-0.25, -0.2) is 0 Å². The maximum atomic E-state index is 9.85. The van der Waals surface area contributed by atoms with Gasteiger partial charge < -0.3 is 9.84 Å². The van der Waals surface area contributed by atoms with Crippen molar-refractivity contribution in [2.24, 2.45) is 0 Å². The molecular weight excluding hydrogens is 108 g/mol. The van der Waals surface area contributed by atoms with Crippen molar-refractivity contribution < 1.29 is 14.6 Å². The standard InChI is InChI=1S/C5H6O3/c6-2-5-1-4(7)3-8-5/h1-2,4,7H,3H2. The molecule has 0 saturated carbocycles. The molecule has 1 unspecified atom stereocenters. The molecular formula is C5H6O3. The minimum Gasteiger partial charge on any atom is -0.487 e. The molecule has 3 nitrogen and oxygen atoms in total. The fourth-order valence-electron chi connectivity index (χ4n) is 0.541. The second-order valence-electron chi connectivity index (χ2n) is 1.57. The van der Waals surface area contributed by atoms with Crippen LogP contribution in [0.2, 0.25) is 0 Å². The van der Waals surface area contributed by atoms with Crippen molar-refractivity contribution in [3.8, 4) is 0 Å². The molecule has 0 aliphatic carbocycles. The van der Waals surface area contributed by atoms with E-state index in [1.807, 2.05) is 0 Å². The highest BCUT2D eigenvalue weighted by molar-refractivity contribution is 5.70. The van der Waals surface area contributed by atoms with Gasteiger partial charge in [0.2, 0.25) is 0 Å². The van der Waals surface area contributed by atoms with Gasteiger partial charge in [0.15, 0.2) is 12.0 Å². The highest BCUT2D eigenvalue weighted by Crippen LogP contribution is 2.05. The van der Waals surface area contributed by atoms with Crippen molar-refractivity contribution in [2.45, 2.75) is 6.10 Å². The topological polar surface area (TPSA) is 46.5 Å². The molecule has 0 aromatic heterocycles. The molecule has 0 amide bonds. The van der Waals surface area contributed by atoms with Crippen molar-refractivity contribution in [2.75, 3.05) is 6.61 Å². The number of aliphatic hydroxyl groups excluding tert-OH is 1. The lowest BCUT2D eigenvalue weighted by Gasteiger charge is -1.92. The Morgan fingerprint density at radius 2 is 2.75 bits per heavy atom. The summed E-state index contributed by atoms with van der Waals surface area (Å²) >= 11 is 0. The van der Waals surface area contributed by atoms with E-state index >= 15 is 0 Å². The maximum absolute atomic E-state index is 9.85. The molecule has 44 valence electrons. The average molecular weight is 114 g/mol. The second-order valence-corrected chi connectivity index (χ2v) is 1.57. The third kappa shape index (κ3) is 0.869. The molecule has 0 saturated heterocycles. The van der Waals surface area contributed by atoms with Gasteiger partial charge in [0.1, 0.15) is 12.7 Å². The summed E-state index contributed by atoms with van der Waals surface area (Å²) in [7, 11) is 0. The first-order chi connectivity index (χ1) is 3.83. The van der Waals surface area contributed by atoms with Crippen LogP contribution in [0.25, 0.3) is 0 Å². The SMILES string of the molecule is O=CC1=CC(O)CO1. The molecule has 1 heterocycles. The van der Waals surface area contributed by atoms with Gasteiger partial charge in [0.05, 0.1) is 0 Å². The van der Waals surface area contributed by atoms with Crippen LogP contribution in [0.15, 0.2) is 11.8 Å². The van der Waals surface area contributed by atoms with E-state index in [1.165, 1.54) is 6.08 Å². The summed E-state index contributed by atoms with van der Waals surface area (Å²) in [5, 5.41) is 8.67. The number of ether oxygens (including phenoxy) is 1. The molecule has 1 aliphatic heterocycles. The predicted octanol–water partition coefficient (Wildman–Crippen LogP) is -0.540. The Bertz CT molecular complexity index is 128. The second kappa shape index (κ2) is 1.96. The van der Waals surface area contributed by atoms with Crippen LogP contribution in [0, 0.1) is 0 Å². The minimum absolute atomic E-state index is 0.216. The van der Waals surface area contributed by atoms with Crippen LogP contribution in [-0.2, 0) is 9.53 Å². The molecule has 1 N–H and O–H groups in total. The number of carbonyl (C=O) groups is 1. The number of hydrogen-bond acceptors (Lipinski definition) is 3. The largest absolute Gasteiger partial charge is 0.487 e. The van der Waals surface area contributed by atoms with Crippen LogP contribution in [-0.4, -0.2) is 24.1 Å². The van der Waals surface area contributed by atoms with Crippen molar-refractivity contribution in [3.05, 3.63) is 11.8 Å². The zero-order valence-corrected chi connectivity index (χ0v) is 4.20. The van der Waals surface area contributed by atoms with Crippen LogP contribution >= 0.6 is 0 Å². The summed E-state index contributed by atoms with van der Waals surface area (Å²) < 4.78 is 4.66. The first kappa shape index (κ1) is 5.31. The third-order valence-corrected chi connectivity index (χ3v) is 0.894. The molecule has 3 heteroatoms. The Morgan fingerprint density at radius 1 is 2.00 bits per heavy atom. The maximum Gasteiger partial charge on any atom is 0.184 e. The highest BCUT2D eigenvalue weighted by atomic mass is 16.5. The van der Waals surface area contributed by atoms with E-state index in [0.29, 0.717) is 6.29 Å². The number of allylic oxidation sites excluding steroid dienone is 1. The average Bonchev–Trinajstić information content (AvgIpc) is 2.14. The van der Waals surface area contributed by atoms with E-state index in [0.717, 1.165) is 0 Å². The van der Waals surface area contributed by atoms with E-state index in [4.69, 9.17) is 5.11 Å². The summed E-state index contributed by atoms with van der Waals surface area (Å²) in [4.78, 5) is 9.85. The van der Waals surface area contributed by atoms with Crippen molar-refractivity contribution in [1.82, 2.24) is 0 Å². The number of hydrogen-bond donors (Lipinski definition) is 1. The molecule has 1 atom stereocenters. The van der Waals surface area contributed by atoms with E-state index in [-0.39, 0.29) is 12.4 Å². The molecule has 0 radical (unpaired) electrons. The summed E-state index contributed by atoms with van der Waals surface area (Å²) in [6, 6.07) is 0. The van der Waals surface area contributed by atoms with Gasteiger partial charge in [-0.05, 0) is 6.08 Å². The van der Waals surface area contributed by atoms with Gasteiger partial charge in [0, 0.05) is 0 Å². The van der Waals surface area contributed by atoms with Crippen molar-refractivity contribution >= 4 is 6.29 Å². The van der Waals surface area contributed by atoms with Crippen LogP contribution in [0.4, 0.5) is 0 Å². The van der Waals surface area contributed by atoms with E-state index in [2.05, 4.69) is 4.74 Å². The summed E-state index contributed by atoms with van der Waals surface area (Å²) in [6.07, 6.45) is 1.37. The lowest BCUT2D eigenvalue weighted by molar-refractivity contribution is -0.107. The highest BCUT2D eigenvalue weighted by Gasteiger charge is 2.11. The van der Waals surface area contributed by atoms with Gasteiger partial charge in [-0.2, -0.15) is 0 Å². The Balaban J connectivity index is 2.56. The molecule has 0 aromatic carbocycles. The Kier molecular flexibility index (Phi) is 1.30. The zero-order chi connectivity index (χ0) is 5.98. The van der Waals surface area contributed by atoms with Crippen molar-refractivity contribution in [3.63, 3.8) is 0 Å². The molecule has 0 aromatic rings. The minimum atomic E-state index is -0.588. The number of aliphatic hydroxyl groups is 1. The number of rotatable bonds is 1. The zero-order valence-electron chi connectivity index (χ0n) is 4.20. The normalized spacial score (nSPS) is 26.6. The Morgan fingerprint density at radius 3 is 3.00 bits per heavy atom. The van der Waals surface area contributed by atoms with Gasteiger partial charge in [-0.3, -0.25) is 4.79 Å². The lowest BCUT2D eigenvalue weighted by Crippen LogP contribution is -2.02. The first-order valence-corrected chi connectivity index (χ1v) is 2.31.